The van der Waals surface area contributed by atoms with Crippen molar-refractivity contribution < 1.29 is 18.0 Å². The van der Waals surface area contributed by atoms with E-state index in [-0.39, 0.29) is 0 Å². The minimum absolute atomic E-state index is 0.508. The third-order valence-corrected chi connectivity index (χ3v) is 6.46. The van der Waals surface area contributed by atoms with E-state index in [9.17, 15) is 18.0 Å². The van der Waals surface area contributed by atoms with Gasteiger partial charge >= 0.3 is 0 Å². The van der Waals surface area contributed by atoms with Crippen LogP contribution in [0.2, 0.25) is 0 Å². The van der Waals surface area contributed by atoms with E-state index < -0.39 is 32.7 Å². The highest BCUT2D eigenvalue weighted by atomic mass is 32.2. The molecule has 0 aliphatic rings. The zero-order valence-corrected chi connectivity index (χ0v) is 17.6. The molecule has 28 heavy (non-hydrogen) atoms. The van der Waals surface area contributed by atoms with Gasteiger partial charge in [0.05, 0.1) is 0 Å². The number of hydrogen-bond donors (Lipinski definition) is 2. The van der Waals surface area contributed by atoms with Gasteiger partial charge in [-0.15, -0.1) is 0 Å². The Labute approximate surface area is 166 Å². The maximum atomic E-state index is 12.5. The molecule has 2 N–H and O–H groups in total. The van der Waals surface area contributed by atoms with Crippen molar-refractivity contribution in [1.29, 1.82) is 0 Å². The van der Waals surface area contributed by atoms with Crippen LogP contribution in [-0.4, -0.2) is 31.2 Å². The van der Waals surface area contributed by atoms with Crippen LogP contribution in [0.3, 0.4) is 0 Å². The molecule has 0 bridgehead atoms. The van der Waals surface area contributed by atoms with Crippen molar-refractivity contribution in [2.45, 2.75) is 39.9 Å². The van der Waals surface area contributed by atoms with E-state index in [1.165, 1.54) is 6.92 Å². The van der Waals surface area contributed by atoms with E-state index in [0.29, 0.717) is 11.4 Å². The largest absolute Gasteiger partial charge is 0.325 e. The fraction of sp³-hybridized carbons (Fsp3) is 0.333. The Morgan fingerprint density at radius 3 is 1.96 bits per heavy atom. The summed E-state index contributed by atoms with van der Waals surface area (Å²) in [5.41, 5.74) is 4.90. The van der Waals surface area contributed by atoms with Gasteiger partial charge in [0, 0.05) is 11.4 Å². The van der Waals surface area contributed by atoms with Crippen LogP contribution in [0.25, 0.3) is 0 Å². The molecular weight excluding hydrogens is 376 g/mol. The van der Waals surface area contributed by atoms with Crippen molar-refractivity contribution in [2.24, 2.45) is 0 Å². The van der Waals surface area contributed by atoms with Crippen molar-refractivity contribution >= 4 is 33.0 Å². The maximum absolute atomic E-state index is 12.5. The highest BCUT2D eigenvalue weighted by Gasteiger charge is 2.30. The van der Waals surface area contributed by atoms with Gasteiger partial charge in [-0.2, -0.15) is 0 Å². The van der Waals surface area contributed by atoms with Crippen molar-refractivity contribution in [3.05, 3.63) is 58.7 Å². The number of sulfone groups is 1. The van der Waals surface area contributed by atoms with Crippen molar-refractivity contribution in [1.82, 2.24) is 0 Å². The molecular formula is C21H26N2O4S. The lowest BCUT2D eigenvalue weighted by molar-refractivity contribution is -0.115. The van der Waals surface area contributed by atoms with Gasteiger partial charge in [0.2, 0.25) is 11.8 Å². The number of rotatable bonds is 6. The van der Waals surface area contributed by atoms with Crippen LogP contribution >= 0.6 is 0 Å². The van der Waals surface area contributed by atoms with Crippen molar-refractivity contribution in [3.63, 3.8) is 0 Å². The Morgan fingerprint density at radius 1 is 0.893 bits per heavy atom. The quantitative estimate of drug-likeness (QED) is 0.775. The third-order valence-electron chi connectivity index (χ3n) is 4.50. The van der Waals surface area contributed by atoms with Gasteiger partial charge in [-0.1, -0.05) is 35.4 Å². The second-order valence-corrected chi connectivity index (χ2v) is 9.45. The van der Waals surface area contributed by atoms with Crippen LogP contribution in [-0.2, 0) is 19.4 Å². The molecule has 1 unspecified atom stereocenters. The van der Waals surface area contributed by atoms with Crippen LogP contribution in [0.15, 0.2) is 36.4 Å². The monoisotopic (exact) mass is 402 g/mol. The summed E-state index contributed by atoms with van der Waals surface area (Å²) >= 11 is 0. The lowest BCUT2D eigenvalue weighted by Crippen LogP contribution is -2.37. The van der Waals surface area contributed by atoms with E-state index in [1.807, 2.05) is 52.0 Å². The summed E-state index contributed by atoms with van der Waals surface area (Å²) in [6.45, 7) is 8.86. The molecule has 7 heteroatoms. The molecule has 2 amide bonds. The Hall–Kier alpha value is -2.67. The number of carbonyl (C=O) groups excluding carboxylic acids is 2. The average Bonchev–Trinajstić information content (AvgIpc) is 2.58. The number of benzene rings is 2. The van der Waals surface area contributed by atoms with E-state index >= 15 is 0 Å². The molecule has 0 fully saturated rings. The van der Waals surface area contributed by atoms with Crippen LogP contribution in [0.1, 0.15) is 29.2 Å². The minimum Gasteiger partial charge on any atom is -0.325 e. The van der Waals surface area contributed by atoms with Crippen LogP contribution < -0.4 is 10.6 Å². The molecule has 1 atom stereocenters. The molecule has 2 rings (SSSR count). The predicted molar refractivity (Wildman–Crippen MR) is 112 cm³/mol. The maximum Gasteiger partial charge on any atom is 0.242 e. The first-order valence-corrected chi connectivity index (χ1v) is 10.7. The van der Waals surface area contributed by atoms with E-state index in [4.69, 9.17) is 0 Å². The molecule has 0 aliphatic carbocycles. The van der Waals surface area contributed by atoms with Crippen molar-refractivity contribution in [3.8, 4) is 0 Å². The number of anilines is 2. The van der Waals surface area contributed by atoms with E-state index in [1.54, 1.807) is 12.1 Å². The van der Waals surface area contributed by atoms with E-state index in [0.717, 1.165) is 22.3 Å². The fourth-order valence-electron chi connectivity index (χ4n) is 2.91. The van der Waals surface area contributed by atoms with Gasteiger partial charge in [-0.05, 0) is 57.9 Å². The second-order valence-electron chi connectivity index (χ2n) is 7.13. The van der Waals surface area contributed by atoms with Gasteiger partial charge < -0.3 is 10.6 Å². The van der Waals surface area contributed by atoms with Gasteiger partial charge in [-0.25, -0.2) is 8.42 Å². The predicted octanol–water partition coefficient (Wildman–Crippen LogP) is 3.30. The first-order valence-electron chi connectivity index (χ1n) is 8.96. The highest BCUT2D eigenvalue weighted by Crippen LogP contribution is 2.22. The third kappa shape index (κ3) is 5.42. The average molecular weight is 403 g/mol. The standard InChI is InChI=1S/C21H26N2O4S/c1-13-6-8-18(9-7-13)22-19(24)12-28(26,27)17(5)21(25)23-20-15(3)10-14(2)11-16(20)4/h6-11,17H,12H2,1-5H3,(H,22,24)(H,23,25). The van der Waals surface area contributed by atoms with Crippen LogP contribution in [0.5, 0.6) is 0 Å². The zero-order chi connectivity index (χ0) is 21.1. The summed E-state index contributed by atoms with van der Waals surface area (Å²) < 4.78 is 25.0. The molecule has 0 heterocycles. The number of hydrogen-bond acceptors (Lipinski definition) is 4. The smallest absolute Gasteiger partial charge is 0.242 e. The Balaban J connectivity index is 2.07. The van der Waals surface area contributed by atoms with Gasteiger partial charge in [0.15, 0.2) is 9.84 Å². The summed E-state index contributed by atoms with van der Waals surface area (Å²) in [6.07, 6.45) is 0. The van der Waals surface area contributed by atoms with Gasteiger partial charge in [-0.3, -0.25) is 9.59 Å². The van der Waals surface area contributed by atoms with E-state index in [2.05, 4.69) is 10.6 Å². The number of carbonyl (C=O) groups is 2. The molecule has 0 saturated heterocycles. The number of nitrogens with one attached hydrogen (secondary N) is 2. The fourth-order valence-corrected chi connectivity index (χ4v) is 3.98. The molecule has 0 aromatic heterocycles. The van der Waals surface area contributed by atoms with Crippen LogP contribution in [0.4, 0.5) is 11.4 Å². The summed E-state index contributed by atoms with van der Waals surface area (Å²) in [7, 11) is -3.97. The lowest BCUT2D eigenvalue weighted by Gasteiger charge is -2.17. The summed E-state index contributed by atoms with van der Waals surface area (Å²) in [5.74, 6) is -2.09. The van der Waals surface area contributed by atoms with Crippen molar-refractivity contribution in [2.75, 3.05) is 16.4 Å². The zero-order valence-electron chi connectivity index (χ0n) is 16.8. The molecule has 150 valence electrons. The molecule has 0 spiro atoms. The first kappa shape index (κ1) is 21.6. The molecule has 0 radical (unpaired) electrons. The van der Waals surface area contributed by atoms with Crippen LogP contribution in [0, 0.1) is 27.7 Å². The Morgan fingerprint density at radius 2 is 1.43 bits per heavy atom. The lowest BCUT2D eigenvalue weighted by atomic mass is 10.1. The molecule has 6 nitrogen and oxygen atoms in total. The Bertz CT molecular complexity index is 973. The summed E-state index contributed by atoms with van der Waals surface area (Å²) in [6, 6.07) is 10.8. The topological polar surface area (TPSA) is 92.3 Å². The normalized spacial score (nSPS) is 12.3. The second kappa shape index (κ2) is 8.56. The summed E-state index contributed by atoms with van der Waals surface area (Å²) in [5, 5.41) is 3.88. The number of amides is 2. The summed E-state index contributed by atoms with van der Waals surface area (Å²) in [4.78, 5) is 24.6. The number of aryl methyl sites for hydroxylation is 4. The SMILES string of the molecule is Cc1ccc(NC(=O)CS(=O)(=O)C(C)C(=O)Nc2c(C)cc(C)cc2C)cc1. The minimum atomic E-state index is -3.97. The van der Waals surface area contributed by atoms with Gasteiger partial charge in [0.1, 0.15) is 11.0 Å². The highest BCUT2D eigenvalue weighted by molar-refractivity contribution is 7.93. The molecule has 0 aliphatic heterocycles. The molecule has 2 aromatic rings. The first-order chi connectivity index (χ1) is 13.0. The molecule has 2 aromatic carbocycles. The van der Waals surface area contributed by atoms with Gasteiger partial charge in [0.25, 0.3) is 0 Å². The Kier molecular flexibility index (Phi) is 6.61. The molecule has 0 saturated carbocycles.